The molecule has 118 valence electrons. The Morgan fingerprint density at radius 3 is 2.71 bits per heavy atom. The van der Waals surface area contributed by atoms with Gasteiger partial charge in [0.05, 0.1) is 18.4 Å². The van der Waals surface area contributed by atoms with Gasteiger partial charge in [0.15, 0.2) is 0 Å². The van der Waals surface area contributed by atoms with Gasteiger partial charge in [-0.15, -0.1) is 0 Å². The Balaban J connectivity index is 1.85. The number of benzene rings is 1. The van der Waals surface area contributed by atoms with Crippen LogP contribution in [0.4, 0.5) is 5.69 Å². The second kappa shape index (κ2) is 7.58. The zero-order valence-electron chi connectivity index (χ0n) is 11.8. The molecule has 1 aromatic carbocycles. The van der Waals surface area contributed by atoms with Gasteiger partial charge in [-0.3, -0.25) is 0 Å². The Bertz CT molecular complexity index is 572. The van der Waals surface area contributed by atoms with Crippen molar-refractivity contribution < 1.29 is 13.2 Å². The van der Waals surface area contributed by atoms with Crippen LogP contribution in [0.5, 0.6) is 0 Å². The lowest BCUT2D eigenvalue weighted by atomic mass is 9.98. The topological polar surface area (TPSA) is 81.4 Å². The molecule has 0 spiro atoms. The van der Waals surface area contributed by atoms with E-state index >= 15 is 0 Å². The zero-order valence-corrected chi connectivity index (χ0v) is 14.2. The lowest BCUT2D eigenvalue weighted by Gasteiger charge is -2.22. The molecule has 0 atom stereocenters. The van der Waals surface area contributed by atoms with Crippen LogP contribution >= 0.6 is 15.9 Å². The van der Waals surface area contributed by atoms with Crippen molar-refractivity contribution in [3.8, 4) is 0 Å². The zero-order chi connectivity index (χ0) is 15.3. The van der Waals surface area contributed by atoms with Crippen molar-refractivity contribution in [2.24, 2.45) is 0 Å². The molecular weight excluding hydrogens is 356 g/mol. The van der Waals surface area contributed by atoms with Gasteiger partial charge in [0.1, 0.15) is 4.90 Å². The summed E-state index contributed by atoms with van der Waals surface area (Å²) < 4.78 is 33.3. The Labute approximate surface area is 134 Å². The summed E-state index contributed by atoms with van der Waals surface area (Å²) in [4.78, 5) is 0.0922. The second-order valence-corrected chi connectivity index (χ2v) is 7.86. The van der Waals surface area contributed by atoms with Crippen LogP contribution in [0.2, 0.25) is 0 Å². The Kier molecular flexibility index (Phi) is 6.04. The molecule has 0 aliphatic heterocycles. The summed E-state index contributed by atoms with van der Waals surface area (Å²) in [5, 5.41) is 0. The number of nitrogen functional groups attached to an aromatic ring is 1. The van der Waals surface area contributed by atoms with Crippen molar-refractivity contribution in [3.63, 3.8) is 0 Å². The van der Waals surface area contributed by atoms with Gasteiger partial charge in [-0.25, -0.2) is 13.1 Å². The summed E-state index contributed by atoms with van der Waals surface area (Å²) in [6, 6.07) is 4.78. The van der Waals surface area contributed by atoms with Crippen LogP contribution in [0, 0.1) is 0 Å². The maximum atomic E-state index is 12.2. The molecule has 1 aromatic rings. The van der Waals surface area contributed by atoms with Gasteiger partial charge in [0.25, 0.3) is 0 Å². The molecule has 1 aliphatic rings. The van der Waals surface area contributed by atoms with Gasteiger partial charge in [0, 0.05) is 11.0 Å². The molecule has 0 saturated heterocycles. The van der Waals surface area contributed by atoms with Gasteiger partial charge in [-0.1, -0.05) is 35.2 Å². The Hall–Kier alpha value is -0.630. The molecular formula is C14H21BrN2O3S. The van der Waals surface area contributed by atoms with Crippen molar-refractivity contribution in [3.05, 3.63) is 22.7 Å². The van der Waals surface area contributed by atoms with E-state index in [4.69, 9.17) is 10.5 Å². The lowest BCUT2D eigenvalue weighted by molar-refractivity contribution is 0.0321. The summed E-state index contributed by atoms with van der Waals surface area (Å²) in [5.41, 5.74) is 5.96. The highest BCUT2D eigenvalue weighted by molar-refractivity contribution is 9.10. The van der Waals surface area contributed by atoms with Crippen molar-refractivity contribution in [1.82, 2.24) is 4.72 Å². The fraction of sp³-hybridized carbons (Fsp3) is 0.571. The monoisotopic (exact) mass is 376 g/mol. The molecule has 3 N–H and O–H groups in total. The van der Waals surface area contributed by atoms with E-state index in [1.54, 1.807) is 12.1 Å². The second-order valence-electron chi connectivity index (χ2n) is 5.21. The predicted molar refractivity (Wildman–Crippen MR) is 86.6 cm³/mol. The minimum atomic E-state index is -3.60. The third kappa shape index (κ3) is 4.95. The minimum absolute atomic E-state index is 0.0922. The highest BCUT2D eigenvalue weighted by Crippen LogP contribution is 2.23. The van der Waals surface area contributed by atoms with Crippen molar-refractivity contribution in [2.45, 2.75) is 43.1 Å². The quantitative estimate of drug-likeness (QED) is 0.590. The Morgan fingerprint density at radius 2 is 2.00 bits per heavy atom. The number of ether oxygens (including phenoxy) is 1. The van der Waals surface area contributed by atoms with E-state index in [9.17, 15) is 8.42 Å². The van der Waals surface area contributed by atoms with E-state index < -0.39 is 10.0 Å². The molecule has 1 aliphatic carbocycles. The van der Waals surface area contributed by atoms with Crippen LogP contribution < -0.4 is 10.5 Å². The molecule has 0 heterocycles. The van der Waals surface area contributed by atoms with E-state index in [2.05, 4.69) is 20.7 Å². The molecule has 1 saturated carbocycles. The number of nitrogens with one attached hydrogen (secondary N) is 1. The third-order valence-corrected chi connectivity index (χ3v) is 5.58. The highest BCUT2D eigenvalue weighted by Gasteiger charge is 2.18. The molecule has 0 amide bonds. The predicted octanol–water partition coefficient (Wildman–Crippen LogP) is 2.66. The fourth-order valence-electron chi connectivity index (χ4n) is 2.45. The lowest BCUT2D eigenvalue weighted by Crippen LogP contribution is -2.30. The van der Waals surface area contributed by atoms with Crippen molar-refractivity contribution in [2.75, 3.05) is 18.9 Å². The highest BCUT2D eigenvalue weighted by atomic mass is 79.9. The van der Waals surface area contributed by atoms with E-state index in [1.165, 1.54) is 25.3 Å². The van der Waals surface area contributed by atoms with Gasteiger partial charge < -0.3 is 10.5 Å². The molecule has 21 heavy (non-hydrogen) atoms. The SMILES string of the molecule is Nc1ccc(Br)cc1S(=O)(=O)NCCOC1CCCCC1. The van der Waals surface area contributed by atoms with Crippen LogP contribution in [-0.4, -0.2) is 27.7 Å². The normalized spacial score (nSPS) is 17.0. The maximum absolute atomic E-state index is 12.2. The standard InChI is InChI=1S/C14H21BrN2O3S/c15-11-6-7-13(16)14(10-11)21(18,19)17-8-9-20-12-4-2-1-3-5-12/h6-7,10,12,17H,1-5,8-9,16H2. The number of hydrogen-bond acceptors (Lipinski definition) is 4. The van der Waals surface area contributed by atoms with Gasteiger partial charge in [-0.05, 0) is 31.0 Å². The molecule has 0 unspecified atom stereocenters. The van der Waals surface area contributed by atoms with E-state index in [-0.39, 0.29) is 23.2 Å². The maximum Gasteiger partial charge on any atom is 0.242 e. The summed E-state index contributed by atoms with van der Waals surface area (Å²) in [6.07, 6.45) is 6.10. The molecule has 2 rings (SSSR count). The van der Waals surface area contributed by atoms with E-state index in [0.717, 1.165) is 12.8 Å². The minimum Gasteiger partial charge on any atom is -0.398 e. The van der Waals surface area contributed by atoms with Crippen molar-refractivity contribution in [1.29, 1.82) is 0 Å². The number of anilines is 1. The first kappa shape index (κ1) is 16.7. The molecule has 5 nitrogen and oxygen atoms in total. The van der Waals surface area contributed by atoms with Crippen LogP contribution in [0.1, 0.15) is 32.1 Å². The van der Waals surface area contributed by atoms with Crippen LogP contribution in [-0.2, 0) is 14.8 Å². The smallest absolute Gasteiger partial charge is 0.242 e. The number of sulfonamides is 1. The number of nitrogens with two attached hydrogens (primary N) is 1. The van der Waals surface area contributed by atoms with Crippen LogP contribution in [0.15, 0.2) is 27.6 Å². The summed E-state index contributed by atoms with van der Waals surface area (Å²) in [5.74, 6) is 0. The van der Waals surface area contributed by atoms with Crippen molar-refractivity contribution >= 4 is 31.6 Å². The molecule has 1 fully saturated rings. The summed E-state index contributed by atoms with van der Waals surface area (Å²) in [6.45, 7) is 0.641. The van der Waals surface area contributed by atoms with E-state index in [1.807, 2.05) is 0 Å². The molecule has 0 aromatic heterocycles. The number of halogens is 1. The molecule has 0 radical (unpaired) electrons. The number of rotatable bonds is 6. The molecule has 0 bridgehead atoms. The molecule has 7 heteroatoms. The van der Waals surface area contributed by atoms with Gasteiger partial charge in [0.2, 0.25) is 10.0 Å². The summed E-state index contributed by atoms with van der Waals surface area (Å²) >= 11 is 3.25. The first-order valence-corrected chi connectivity index (χ1v) is 9.43. The van der Waals surface area contributed by atoms with Gasteiger partial charge in [-0.2, -0.15) is 0 Å². The largest absolute Gasteiger partial charge is 0.398 e. The van der Waals surface area contributed by atoms with Crippen LogP contribution in [0.3, 0.4) is 0 Å². The van der Waals surface area contributed by atoms with E-state index in [0.29, 0.717) is 11.1 Å². The first-order chi connectivity index (χ1) is 9.99. The fourth-order valence-corrected chi connectivity index (χ4v) is 4.13. The average molecular weight is 377 g/mol. The van der Waals surface area contributed by atoms with Crippen LogP contribution in [0.25, 0.3) is 0 Å². The average Bonchev–Trinajstić information content (AvgIpc) is 2.47. The Morgan fingerprint density at radius 1 is 1.29 bits per heavy atom. The van der Waals surface area contributed by atoms with Gasteiger partial charge >= 0.3 is 0 Å². The first-order valence-electron chi connectivity index (χ1n) is 7.15. The number of hydrogen-bond donors (Lipinski definition) is 2. The third-order valence-electron chi connectivity index (χ3n) is 3.57. The summed E-state index contributed by atoms with van der Waals surface area (Å²) in [7, 11) is -3.60.